The molecular formula is C5H4MnN2O4. The van der Waals surface area contributed by atoms with Crippen molar-refractivity contribution in [1.29, 1.82) is 0 Å². The summed E-state index contributed by atoms with van der Waals surface area (Å²) in [7, 11) is 0. The molecule has 65 valence electrons. The Labute approximate surface area is 76.1 Å². The number of aromatic nitrogens is 2. The molecule has 0 aromatic carbocycles. The third-order valence-corrected chi connectivity index (χ3v) is 0.991. The van der Waals surface area contributed by atoms with E-state index in [1.54, 1.807) is 0 Å². The normalized spacial score (nSPS) is 8.67. The zero-order valence-corrected chi connectivity index (χ0v) is 6.81. The molecule has 0 bridgehead atoms. The van der Waals surface area contributed by atoms with E-state index in [-0.39, 0.29) is 17.1 Å². The van der Waals surface area contributed by atoms with E-state index in [1.165, 1.54) is 0 Å². The Hall–Kier alpha value is -1.33. The van der Waals surface area contributed by atoms with Crippen LogP contribution in [0.15, 0.2) is 15.7 Å². The summed E-state index contributed by atoms with van der Waals surface area (Å²) in [6.07, 6.45) is 0. The van der Waals surface area contributed by atoms with Gasteiger partial charge in [-0.25, -0.2) is 9.59 Å². The maximum Gasteiger partial charge on any atom is 0.352 e. The Balaban J connectivity index is 0.00000121. The predicted octanol–water partition coefficient (Wildman–Crippen LogP) is -1.24. The van der Waals surface area contributed by atoms with Gasteiger partial charge in [0.15, 0.2) is 0 Å². The zero-order chi connectivity index (χ0) is 8.43. The number of aromatic carboxylic acids is 1. The summed E-state index contributed by atoms with van der Waals surface area (Å²) >= 11 is 0. The molecule has 0 unspecified atom stereocenters. The first-order chi connectivity index (χ1) is 5.09. The average molecular weight is 211 g/mol. The summed E-state index contributed by atoms with van der Waals surface area (Å²) < 4.78 is 0. The Bertz CT molecular complexity index is 365. The first-order valence-electron chi connectivity index (χ1n) is 2.66. The number of carboxylic acids is 1. The van der Waals surface area contributed by atoms with Crippen LogP contribution >= 0.6 is 0 Å². The van der Waals surface area contributed by atoms with Gasteiger partial charge in [0.05, 0.1) is 0 Å². The van der Waals surface area contributed by atoms with Crippen LogP contribution in [0.2, 0.25) is 0 Å². The van der Waals surface area contributed by atoms with Crippen molar-refractivity contribution < 1.29 is 27.0 Å². The summed E-state index contributed by atoms with van der Waals surface area (Å²) in [5.41, 5.74) is -1.97. The van der Waals surface area contributed by atoms with Gasteiger partial charge in [-0.15, -0.1) is 0 Å². The van der Waals surface area contributed by atoms with Crippen molar-refractivity contribution in [3.8, 4) is 0 Å². The number of hydrogen-bond donors (Lipinski definition) is 3. The van der Waals surface area contributed by atoms with Gasteiger partial charge in [0, 0.05) is 23.1 Å². The third kappa shape index (κ3) is 2.37. The molecule has 6 nitrogen and oxygen atoms in total. The summed E-state index contributed by atoms with van der Waals surface area (Å²) in [6.45, 7) is 0. The monoisotopic (exact) mass is 211 g/mol. The maximum atomic E-state index is 10.5. The minimum absolute atomic E-state index is 0. The van der Waals surface area contributed by atoms with E-state index >= 15 is 0 Å². The Morgan fingerprint density at radius 1 is 1.33 bits per heavy atom. The molecule has 0 aliphatic heterocycles. The zero-order valence-electron chi connectivity index (χ0n) is 5.63. The Kier molecular flexibility index (Phi) is 3.46. The fourth-order valence-corrected chi connectivity index (χ4v) is 0.584. The van der Waals surface area contributed by atoms with E-state index in [2.05, 4.69) is 0 Å². The van der Waals surface area contributed by atoms with E-state index in [9.17, 15) is 14.4 Å². The topological polar surface area (TPSA) is 103 Å². The van der Waals surface area contributed by atoms with Crippen LogP contribution in [0, 0.1) is 0 Å². The van der Waals surface area contributed by atoms with Crippen molar-refractivity contribution in [2.75, 3.05) is 0 Å². The molecule has 0 fully saturated rings. The second-order valence-electron chi connectivity index (χ2n) is 1.81. The fourth-order valence-electron chi connectivity index (χ4n) is 0.584. The molecule has 0 saturated heterocycles. The molecule has 3 N–H and O–H groups in total. The van der Waals surface area contributed by atoms with E-state index in [0.29, 0.717) is 0 Å². The first-order valence-corrected chi connectivity index (χ1v) is 2.66. The van der Waals surface area contributed by atoms with Crippen LogP contribution in [-0.2, 0) is 17.1 Å². The third-order valence-electron chi connectivity index (χ3n) is 0.991. The summed E-state index contributed by atoms with van der Waals surface area (Å²) in [4.78, 5) is 34.9. The Morgan fingerprint density at radius 3 is 2.33 bits per heavy atom. The number of carbonyl (C=O) groups is 1. The van der Waals surface area contributed by atoms with Gasteiger partial charge in [0.2, 0.25) is 0 Å². The van der Waals surface area contributed by atoms with Crippen LogP contribution in [0.1, 0.15) is 10.5 Å². The van der Waals surface area contributed by atoms with Crippen molar-refractivity contribution in [3.05, 3.63) is 32.6 Å². The molecule has 7 heteroatoms. The number of nitrogens with one attached hydrogen (secondary N) is 2. The summed E-state index contributed by atoms with van der Waals surface area (Å²) in [5.74, 6) is -1.34. The maximum absolute atomic E-state index is 10.5. The summed E-state index contributed by atoms with van der Waals surface area (Å²) in [5, 5.41) is 8.31. The molecule has 0 spiro atoms. The number of H-pyrrole nitrogens is 2. The van der Waals surface area contributed by atoms with E-state index in [4.69, 9.17) is 5.11 Å². The number of aromatic amines is 2. The van der Waals surface area contributed by atoms with Gasteiger partial charge >= 0.3 is 11.7 Å². The van der Waals surface area contributed by atoms with Gasteiger partial charge in [0.1, 0.15) is 5.69 Å². The molecule has 1 radical (unpaired) electrons. The molecule has 1 aromatic rings. The quantitative estimate of drug-likeness (QED) is 0.505. The fraction of sp³-hybridized carbons (Fsp3) is 0. The molecule has 0 amide bonds. The molecular weight excluding hydrogens is 207 g/mol. The molecule has 0 saturated carbocycles. The first kappa shape index (κ1) is 10.7. The number of carboxylic acid groups (broad SMARTS) is 1. The molecule has 1 aromatic heterocycles. The van der Waals surface area contributed by atoms with Gasteiger partial charge in [0.25, 0.3) is 5.56 Å². The van der Waals surface area contributed by atoms with Crippen LogP contribution in [0.3, 0.4) is 0 Å². The molecule has 12 heavy (non-hydrogen) atoms. The van der Waals surface area contributed by atoms with Crippen LogP contribution in [-0.4, -0.2) is 21.0 Å². The van der Waals surface area contributed by atoms with Gasteiger partial charge in [-0.05, 0) is 0 Å². The van der Waals surface area contributed by atoms with Crippen molar-refractivity contribution in [2.45, 2.75) is 0 Å². The minimum Gasteiger partial charge on any atom is -0.477 e. The SMILES string of the molecule is O=C(O)c1cc(=O)[nH]c(=O)[nH]1.[Mn]. The van der Waals surface area contributed by atoms with Gasteiger partial charge in [-0.1, -0.05) is 0 Å². The predicted molar refractivity (Wildman–Crippen MR) is 34.6 cm³/mol. The van der Waals surface area contributed by atoms with Crippen molar-refractivity contribution >= 4 is 5.97 Å². The largest absolute Gasteiger partial charge is 0.477 e. The Morgan fingerprint density at radius 2 is 1.92 bits per heavy atom. The van der Waals surface area contributed by atoms with E-state index in [1.807, 2.05) is 9.97 Å². The molecule has 0 aliphatic rings. The molecule has 1 rings (SSSR count). The van der Waals surface area contributed by atoms with Gasteiger partial charge in [-0.2, -0.15) is 0 Å². The van der Waals surface area contributed by atoms with Gasteiger partial charge < -0.3 is 10.1 Å². The second-order valence-corrected chi connectivity index (χ2v) is 1.81. The van der Waals surface area contributed by atoms with Crippen LogP contribution < -0.4 is 11.2 Å². The average Bonchev–Trinajstić information content (AvgIpc) is 1.85. The van der Waals surface area contributed by atoms with Crippen LogP contribution in [0.4, 0.5) is 0 Å². The van der Waals surface area contributed by atoms with E-state index < -0.39 is 22.9 Å². The van der Waals surface area contributed by atoms with Gasteiger partial charge in [-0.3, -0.25) is 9.78 Å². The van der Waals surface area contributed by atoms with E-state index in [0.717, 1.165) is 6.07 Å². The van der Waals surface area contributed by atoms with Crippen molar-refractivity contribution in [2.24, 2.45) is 0 Å². The standard InChI is InChI=1S/C5H4N2O4.Mn/c8-3-1-2(4(9)10)6-5(11)7-3;/h1H,(H,9,10)(H2,6,7,8,11);. The number of hydrogen-bond acceptors (Lipinski definition) is 3. The summed E-state index contributed by atoms with van der Waals surface area (Å²) in [6, 6.07) is 0.795. The minimum atomic E-state index is -1.34. The smallest absolute Gasteiger partial charge is 0.352 e. The van der Waals surface area contributed by atoms with Crippen molar-refractivity contribution in [1.82, 2.24) is 9.97 Å². The molecule has 1 heterocycles. The van der Waals surface area contributed by atoms with Crippen LogP contribution in [0.25, 0.3) is 0 Å². The molecule has 0 atom stereocenters. The second kappa shape index (κ2) is 3.89. The van der Waals surface area contributed by atoms with Crippen LogP contribution in [0.5, 0.6) is 0 Å². The molecule has 0 aliphatic carbocycles. The number of rotatable bonds is 1. The van der Waals surface area contributed by atoms with Crippen molar-refractivity contribution in [3.63, 3.8) is 0 Å².